The monoisotopic (exact) mass is 390 g/mol. The molecule has 1 aromatic carbocycles. The van der Waals surface area contributed by atoms with Gasteiger partial charge in [-0.2, -0.15) is 0 Å². The Balaban J connectivity index is 0.00000180. The molecule has 0 aromatic heterocycles. The van der Waals surface area contributed by atoms with Crippen molar-refractivity contribution in [2.75, 3.05) is 26.7 Å². The number of rotatable bonds is 5. The highest BCUT2D eigenvalue weighted by molar-refractivity contribution is 5.85. The maximum Gasteiger partial charge on any atom is 0.226 e. The lowest BCUT2D eigenvalue weighted by Gasteiger charge is -2.61. The number of hydrogen-bond acceptors (Lipinski definition) is 3. The van der Waals surface area contributed by atoms with Crippen LogP contribution in [-0.2, 0) is 10.2 Å². The smallest absolute Gasteiger partial charge is 0.226 e. The average molecular weight is 391 g/mol. The van der Waals surface area contributed by atoms with Gasteiger partial charge >= 0.3 is 0 Å². The molecule has 6 rings (SSSR count). The normalized spacial score (nSPS) is 36.6. The summed E-state index contributed by atoms with van der Waals surface area (Å²) in [4.78, 5) is 13.3. The zero-order chi connectivity index (χ0) is 17.8. The summed E-state index contributed by atoms with van der Waals surface area (Å²) in [5.74, 6) is 3.32. The number of hydrogen-bond donors (Lipinski definition) is 2. The van der Waals surface area contributed by atoms with E-state index in [0.29, 0.717) is 11.8 Å². The molecule has 1 heterocycles. The van der Waals surface area contributed by atoms with Crippen molar-refractivity contribution >= 4 is 18.3 Å². The van der Waals surface area contributed by atoms with Gasteiger partial charge in [-0.1, -0.05) is 12.1 Å². The first-order valence-electron chi connectivity index (χ1n) is 10.2. The summed E-state index contributed by atoms with van der Waals surface area (Å²) in [7, 11) is 1.72. The van der Waals surface area contributed by atoms with Crippen LogP contribution in [0.4, 0.5) is 0 Å². The minimum absolute atomic E-state index is 0. The molecule has 5 aliphatic rings. The van der Waals surface area contributed by atoms with Crippen molar-refractivity contribution in [2.24, 2.45) is 23.2 Å². The summed E-state index contributed by atoms with van der Waals surface area (Å²) in [6, 6.07) is 8.67. The summed E-state index contributed by atoms with van der Waals surface area (Å²) in [6.45, 7) is 2.95. The second-order valence-electron chi connectivity index (χ2n) is 9.48. The van der Waals surface area contributed by atoms with Crippen molar-refractivity contribution in [2.45, 2.75) is 43.9 Å². The highest BCUT2D eigenvalue weighted by Crippen LogP contribution is 2.65. The molecule has 4 nitrogen and oxygen atoms in total. The SMILES string of the molecule is COc1ccc(C23CC4CC(CC(C(=O)NCC5CNC5)(C4)C2)C3)cc1.Cl. The minimum atomic E-state index is -0.124. The van der Waals surface area contributed by atoms with Crippen LogP contribution in [0.5, 0.6) is 5.75 Å². The molecular weight excluding hydrogens is 360 g/mol. The third kappa shape index (κ3) is 3.15. The predicted molar refractivity (Wildman–Crippen MR) is 108 cm³/mol. The van der Waals surface area contributed by atoms with Gasteiger partial charge in [0.25, 0.3) is 0 Å². The molecule has 2 atom stereocenters. The van der Waals surface area contributed by atoms with Crippen molar-refractivity contribution < 1.29 is 9.53 Å². The van der Waals surface area contributed by atoms with Gasteiger partial charge in [0, 0.05) is 25.6 Å². The highest BCUT2D eigenvalue weighted by atomic mass is 35.5. The predicted octanol–water partition coefficient (Wildman–Crippen LogP) is 3.29. The summed E-state index contributed by atoms with van der Waals surface area (Å²) < 4.78 is 5.35. The van der Waals surface area contributed by atoms with Crippen LogP contribution in [-0.4, -0.2) is 32.7 Å². The Labute approximate surface area is 168 Å². The minimum Gasteiger partial charge on any atom is -0.497 e. The second-order valence-corrected chi connectivity index (χ2v) is 9.48. The number of carbonyl (C=O) groups is 1. The van der Waals surface area contributed by atoms with Gasteiger partial charge in [-0.05, 0) is 73.5 Å². The van der Waals surface area contributed by atoms with Crippen LogP contribution < -0.4 is 15.4 Å². The molecule has 5 heteroatoms. The lowest BCUT2D eigenvalue weighted by molar-refractivity contribution is -0.149. The number of carbonyl (C=O) groups excluding carboxylic acids is 1. The van der Waals surface area contributed by atoms with Crippen LogP contribution in [0.3, 0.4) is 0 Å². The van der Waals surface area contributed by atoms with Crippen LogP contribution in [0, 0.1) is 23.2 Å². The maximum atomic E-state index is 13.3. The summed E-state index contributed by atoms with van der Waals surface area (Å²) in [5.41, 5.74) is 1.50. The fourth-order valence-corrected chi connectivity index (χ4v) is 6.73. The second kappa shape index (κ2) is 6.97. The van der Waals surface area contributed by atoms with E-state index in [4.69, 9.17) is 4.74 Å². The van der Waals surface area contributed by atoms with Gasteiger partial charge in [0.1, 0.15) is 5.75 Å². The zero-order valence-corrected chi connectivity index (χ0v) is 16.9. The van der Waals surface area contributed by atoms with Crippen LogP contribution in [0.15, 0.2) is 24.3 Å². The first-order valence-corrected chi connectivity index (χ1v) is 10.2. The van der Waals surface area contributed by atoms with Gasteiger partial charge in [-0.3, -0.25) is 4.79 Å². The van der Waals surface area contributed by atoms with Crippen LogP contribution >= 0.6 is 12.4 Å². The van der Waals surface area contributed by atoms with E-state index in [9.17, 15) is 4.79 Å². The van der Waals surface area contributed by atoms with Gasteiger partial charge in [0.15, 0.2) is 0 Å². The van der Waals surface area contributed by atoms with E-state index in [2.05, 4.69) is 34.9 Å². The highest BCUT2D eigenvalue weighted by Gasteiger charge is 2.60. The number of halogens is 1. The van der Waals surface area contributed by atoms with Gasteiger partial charge in [-0.15, -0.1) is 12.4 Å². The Morgan fingerprint density at radius 2 is 1.81 bits per heavy atom. The van der Waals surface area contributed by atoms with E-state index in [0.717, 1.165) is 56.5 Å². The molecule has 2 unspecified atom stereocenters. The molecular formula is C22H31ClN2O2. The molecule has 5 fully saturated rings. The van der Waals surface area contributed by atoms with Gasteiger partial charge in [-0.25, -0.2) is 0 Å². The molecule has 1 saturated heterocycles. The molecule has 1 amide bonds. The number of methoxy groups -OCH3 is 1. The Morgan fingerprint density at radius 3 is 2.37 bits per heavy atom. The zero-order valence-electron chi connectivity index (χ0n) is 16.1. The fourth-order valence-electron chi connectivity index (χ4n) is 6.73. The molecule has 27 heavy (non-hydrogen) atoms. The number of benzene rings is 1. The molecule has 0 spiro atoms. The summed E-state index contributed by atoms with van der Waals surface area (Å²) in [6.07, 6.45) is 7.11. The van der Waals surface area contributed by atoms with Crippen molar-refractivity contribution in [3.63, 3.8) is 0 Å². The Hall–Kier alpha value is -1.26. The third-order valence-corrected chi connectivity index (χ3v) is 7.66. The molecule has 4 bridgehead atoms. The van der Waals surface area contributed by atoms with Crippen molar-refractivity contribution in [3.05, 3.63) is 29.8 Å². The molecule has 4 aliphatic carbocycles. The molecule has 1 aromatic rings. The Kier molecular flexibility index (Phi) is 4.92. The van der Waals surface area contributed by atoms with Crippen LogP contribution in [0.25, 0.3) is 0 Å². The van der Waals surface area contributed by atoms with Crippen LogP contribution in [0.1, 0.15) is 44.1 Å². The number of nitrogens with one attached hydrogen (secondary N) is 2. The van der Waals surface area contributed by atoms with E-state index in [1.807, 2.05) is 0 Å². The molecule has 4 saturated carbocycles. The largest absolute Gasteiger partial charge is 0.497 e. The van der Waals surface area contributed by atoms with E-state index in [1.54, 1.807) is 7.11 Å². The lowest BCUT2D eigenvalue weighted by atomic mass is 9.42. The van der Waals surface area contributed by atoms with Crippen molar-refractivity contribution in [3.8, 4) is 5.75 Å². The summed E-state index contributed by atoms with van der Waals surface area (Å²) >= 11 is 0. The number of amides is 1. The lowest BCUT2D eigenvalue weighted by Crippen LogP contribution is -2.60. The van der Waals surface area contributed by atoms with E-state index < -0.39 is 0 Å². The molecule has 1 aliphatic heterocycles. The molecule has 148 valence electrons. The van der Waals surface area contributed by atoms with E-state index >= 15 is 0 Å². The standard InChI is InChI=1S/C22H30N2O2.ClH/c1-26-19-4-2-18(3-5-19)21-7-15-6-16(8-21)10-22(9-15,14-21)20(25)24-13-17-11-23-12-17;/h2-5,15-17,23H,6-14H2,1H3,(H,24,25);1H. The Morgan fingerprint density at radius 1 is 1.15 bits per heavy atom. The first-order chi connectivity index (χ1) is 12.6. The van der Waals surface area contributed by atoms with Crippen molar-refractivity contribution in [1.82, 2.24) is 10.6 Å². The van der Waals surface area contributed by atoms with Gasteiger partial charge in [0.2, 0.25) is 5.91 Å². The quantitative estimate of drug-likeness (QED) is 0.811. The first kappa shape index (κ1) is 19.1. The van der Waals surface area contributed by atoms with Gasteiger partial charge < -0.3 is 15.4 Å². The Bertz CT molecular complexity index is 687. The molecule has 2 N–H and O–H groups in total. The molecule has 0 radical (unpaired) electrons. The number of ether oxygens (including phenoxy) is 1. The van der Waals surface area contributed by atoms with Crippen molar-refractivity contribution in [1.29, 1.82) is 0 Å². The average Bonchev–Trinajstić information content (AvgIpc) is 2.59. The van der Waals surface area contributed by atoms with E-state index in [1.165, 1.54) is 24.8 Å². The van der Waals surface area contributed by atoms with Crippen LogP contribution in [0.2, 0.25) is 0 Å². The van der Waals surface area contributed by atoms with E-state index in [-0.39, 0.29) is 23.2 Å². The topological polar surface area (TPSA) is 50.4 Å². The van der Waals surface area contributed by atoms with Gasteiger partial charge in [0.05, 0.1) is 12.5 Å². The maximum absolute atomic E-state index is 13.3. The summed E-state index contributed by atoms with van der Waals surface area (Å²) in [5, 5.41) is 6.63. The third-order valence-electron chi connectivity index (χ3n) is 7.66. The fraction of sp³-hybridized carbons (Fsp3) is 0.682.